The van der Waals surface area contributed by atoms with Crippen LogP contribution in [0.4, 0.5) is 5.69 Å². The third-order valence-corrected chi connectivity index (χ3v) is 3.37. The highest BCUT2D eigenvalue weighted by atomic mass is 14.9. The topological polar surface area (TPSA) is 38.0 Å². The van der Waals surface area contributed by atoms with E-state index in [1.165, 1.54) is 24.0 Å². The Morgan fingerprint density at radius 3 is 2.93 bits per heavy atom. The van der Waals surface area contributed by atoms with Crippen LogP contribution < -0.4 is 11.1 Å². The predicted molar refractivity (Wildman–Crippen MR) is 65.0 cm³/mol. The van der Waals surface area contributed by atoms with Crippen LogP contribution in [0.25, 0.3) is 0 Å². The zero-order chi connectivity index (χ0) is 10.8. The van der Waals surface area contributed by atoms with Gasteiger partial charge in [0.25, 0.3) is 0 Å². The van der Waals surface area contributed by atoms with E-state index in [2.05, 4.69) is 31.3 Å². The molecular formula is C13H20N2. The van der Waals surface area contributed by atoms with Crippen molar-refractivity contribution in [1.82, 2.24) is 5.32 Å². The first kappa shape index (κ1) is 10.5. The normalized spacial score (nSPS) is 26.5. The summed E-state index contributed by atoms with van der Waals surface area (Å²) in [5, 5.41) is 3.48. The van der Waals surface area contributed by atoms with Gasteiger partial charge < -0.3 is 11.1 Å². The summed E-state index contributed by atoms with van der Waals surface area (Å²) in [6, 6.07) is 6.91. The van der Waals surface area contributed by atoms with Crippen LogP contribution in [0.2, 0.25) is 0 Å². The van der Waals surface area contributed by atoms with Gasteiger partial charge in [-0.15, -0.1) is 0 Å². The molecule has 2 atom stereocenters. The Morgan fingerprint density at radius 2 is 2.20 bits per heavy atom. The molecule has 0 aromatic heterocycles. The van der Waals surface area contributed by atoms with Crippen molar-refractivity contribution in [3.63, 3.8) is 0 Å². The van der Waals surface area contributed by atoms with Crippen molar-refractivity contribution in [3.8, 4) is 0 Å². The standard InChI is InChI=1S/C13H20N2/c1-9-3-4-12(14)8-13(9)11-5-6-15-10(2)7-11/h3-4,8,10-11,15H,5-7,14H2,1-2H3. The molecule has 82 valence electrons. The molecule has 0 saturated carbocycles. The third kappa shape index (κ3) is 2.32. The molecule has 0 radical (unpaired) electrons. The second kappa shape index (κ2) is 4.23. The monoisotopic (exact) mass is 204 g/mol. The van der Waals surface area contributed by atoms with Crippen molar-refractivity contribution >= 4 is 5.69 Å². The first-order chi connectivity index (χ1) is 7.16. The predicted octanol–water partition coefficient (Wildman–Crippen LogP) is 2.43. The van der Waals surface area contributed by atoms with Crippen LogP contribution in [0.1, 0.15) is 36.8 Å². The van der Waals surface area contributed by atoms with Gasteiger partial charge in [-0.25, -0.2) is 0 Å². The van der Waals surface area contributed by atoms with E-state index in [-0.39, 0.29) is 0 Å². The minimum Gasteiger partial charge on any atom is -0.399 e. The molecule has 1 aromatic rings. The highest BCUT2D eigenvalue weighted by Gasteiger charge is 2.21. The lowest BCUT2D eigenvalue weighted by Crippen LogP contribution is -2.35. The first-order valence-corrected chi connectivity index (χ1v) is 5.76. The Bertz CT molecular complexity index is 346. The van der Waals surface area contributed by atoms with Gasteiger partial charge in [0.2, 0.25) is 0 Å². The summed E-state index contributed by atoms with van der Waals surface area (Å²) in [6.07, 6.45) is 2.46. The summed E-state index contributed by atoms with van der Waals surface area (Å²) in [6.45, 7) is 5.56. The van der Waals surface area contributed by atoms with E-state index in [0.717, 1.165) is 12.2 Å². The maximum atomic E-state index is 5.85. The maximum absolute atomic E-state index is 5.85. The average molecular weight is 204 g/mol. The molecule has 2 nitrogen and oxygen atoms in total. The van der Waals surface area contributed by atoms with Gasteiger partial charge in [0.15, 0.2) is 0 Å². The number of hydrogen-bond donors (Lipinski definition) is 2. The second-order valence-electron chi connectivity index (χ2n) is 4.69. The average Bonchev–Trinajstić information content (AvgIpc) is 2.22. The van der Waals surface area contributed by atoms with Crippen molar-refractivity contribution in [2.24, 2.45) is 0 Å². The van der Waals surface area contributed by atoms with Gasteiger partial charge in [0, 0.05) is 11.7 Å². The lowest BCUT2D eigenvalue weighted by molar-refractivity contribution is 0.380. The van der Waals surface area contributed by atoms with Gasteiger partial charge in [-0.3, -0.25) is 0 Å². The molecule has 0 bridgehead atoms. The van der Waals surface area contributed by atoms with Crippen LogP contribution in [0.5, 0.6) is 0 Å². The van der Waals surface area contributed by atoms with Crippen molar-refractivity contribution in [2.45, 2.75) is 38.6 Å². The van der Waals surface area contributed by atoms with Crippen LogP contribution in [0.3, 0.4) is 0 Å². The molecule has 2 unspecified atom stereocenters. The second-order valence-corrected chi connectivity index (χ2v) is 4.69. The number of nitrogens with one attached hydrogen (secondary N) is 1. The van der Waals surface area contributed by atoms with Crippen molar-refractivity contribution in [3.05, 3.63) is 29.3 Å². The number of rotatable bonds is 1. The number of anilines is 1. The summed E-state index contributed by atoms with van der Waals surface area (Å²) < 4.78 is 0. The molecule has 1 fully saturated rings. The molecule has 2 heteroatoms. The Morgan fingerprint density at radius 1 is 1.40 bits per heavy atom. The fourth-order valence-corrected chi connectivity index (χ4v) is 2.51. The number of nitrogen functional groups attached to an aromatic ring is 1. The lowest BCUT2D eigenvalue weighted by Gasteiger charge is -2.29. The quantitative estimate of drug-likeness (QED) is 0.689. The Balaban J connectivity index is 2.24. The van der Waals surface area contributed by atoms with Crippen LogP contribution in [-0.2, 0) is 0 Å². The fraction of sp³-hybridized carbons (Fsp3) is 0.538. The van der Waals surface area contributed by atoms with Gasteiger partial charge in [-0.2, -0.15) is 0 Å². The summed E-state index contributed by atoms with van der Waals surface area (Å²) in [5.41, 5.74) is 9.57. The Kier molecular flexibility index (Phi) is 2.96. The molecular weight excluding hydrogens is 184 g/mol. The zero-order valence-electron chi connectivity index (χ0n) is 9.59. The summed E-state index contributed by atoms with van der Waals surface area (Å²) >= 11 is 0. The van der Waals surface area contributed by atoms with Crippen LogP contribution >= 0.6 is 0 Å². The van der Waals surface area contributed by atoms with Gasteiger partial charge in [0.05, 0.1) is 0 Å². The molecule has 1 saturated heterocycles. The van der Waals surface area contributed by atoms with E-state index in [4.69, 9.17) is 5.73 Å². The number of hydrogen-bond acceptors (Lipinski definition) is 2. The SMILES string of the molecule is Cc1ccc(N)cc1C1CCNC(C)C1. The number of benzene rings is 1. The summed E-state index contributed by atoms with van der Waals surface area (Å²) in [5.74, 6) is 0.685. The molecule has 15 heavy (non-hydrogen) atoms. The molecule has 0 spiro atoms. The highest BCUT2D eigenvalue weighted by molar-refractivity contribution is 5.45. The largest absolute Gasteiger partial charge is 0.399 e. The smallest absolute Gasteiger partial charge is 0.0317 e. The van der Waals surface area contributed by atoms with Crippen molar-refractivity contribution < 1.29 is 0 Å². The van der Waals surface area contributed by atoms with E-state index < -0.39 is 0 Å². The molecule has 1 heterocycles. The molecule has 3 N–H and O–H groups in total. The number of aryl methyl sites for hydroxylation is 1. The van der Waals surface area contributed by atoms with E-state index in [0.29, 0.717) is 12.0 Å². The van der Waals surface area contributed by atoms with E-state index in [1.807, 2.05) is 6.07 Å². The van der Waals surface area contributed by atoms with Crippen LogP contribution in [-0.4, -0.2) is 12.6 Å². The Hall–Kier alpha value is -1.02. The number of nitrogens with two attached hydrogens (primary N) is 1. The Labute approximate surface area is 91.9 Å². The lowest BCUT2D eigenvalue weighted by atomic mass is 9.84. The van der Waals surface area contributed by atoms with Gasteiger partial charge in [-0.1, -0.05) is 6.07 Å². The van der Waals surface area contributed by atoms with E-state index in [9.17, 15) is 0 Å². The molecule has 0 aliphatic carbocycles. The molecule has 1 aliphatic rings. The van der Waals surface area contributed by atoms with E-state index in [1.54, 1.807) is 0 Å². The molecule has 1 aromatic carbocycles. The highest BCUT2D eigenvalue weighted by Crippen LogP contribution is 2.30. The summed E-state index contributed by atoms with van der Waals surface area (Å²) in [4.78, 5) is 0. The summed E-state index contributed by atoms with van der Waals surface area (Å²) in [7, 11) is 0. The zero-order valence-corrected chi connectivity index (χ0v) is 9.59. The minimum absolute atomic E-state index is 0.629. The van der Waals surface area contributed by atoms with Crippen LogP contribution in [0, 0.1) is 6.92 Å². The number of piperidine rings is 1. The van der Waals surface area contributed by atoms with Crippen molar-refractivity contribution in [2.75, 3.05) is 12.3 Å². The third-order valence-electron chi connectivity index (χ3n) is 3.37. The maximum Gasteiger partial charge on any atom is 0.0317 e. The fourth-order valence-electron chi connectivity index (χ4n) is 2.51. The van der Waals surface area contributed by atoms with Crippen LogP contribution in [0.15, 0.2) is 18.2 Å². The molecule has 0 amide bonds. The molecule has 2 rings (SSSR count). The van der Waals surface area contributed by atoms with Crippen molar-refractivity contribution in [1.29, 1.82) is 0 Å². The molecule has 1 aliphatic heterocycles. The van der Waals surface area contributed by atoms with Gasteiger partial charge in [0.1, 0.15) is 0 Å². The minimum atomic E-state index is 0.629. The van der Waals surface area contributed by atoms with Gasteiger partial charge >= 0.3 is 0 Å². The first-order valence-electron chi connectivity index (χ1n) is 5.76. The van der Waals surface area contributed by atoms with E-state index >= 15 is 0 Å². The van der Waals surface area contributed by atoms with Gasteiger partial charge in [-0.05, 0) is 62.4 Å².